The number of methoxy groups -OCH3 is 2. The van der Waals surface area contributed by atoms with Crippen molar-refractivity contribution in [3.05, 3.63) is 72.1 Å². The smallest absolute Gasteiger partial charge is 0.163 e. The maximum atomic E-state index is 5.66. The van der Waals surface area contributed by atoms with Crippen LogP contribution in [0.25, 0.3) is 11.1 Å². The molecule has 1 aromatic heterocycles. The highest BCUT2D eigenvalue weighted by molar-refractivity contribution is 5.69. The Balaban J connectivity index is 1.66. The predicted octanol–water partition coefficient (Wildman–Crippen LogP) is 5.48. The molecule has 1 saturated heterocycles. The van der Waals surface area contributed by atoms with Gasteiger partial charge in [0.25, 0.3) is 0 Å². The second kappa shape index (κ2) is 11.2. The monoisotopic (exact) mass is 445 g/mol. The van der Waals surface area contributed by atoms with Crippen LogP contribution < -0.4 is 19.7 Å². The van der Waals surface area contributed by atoms with Crippen molar-refractivity contribution >= 4 is 5.69 Å². The Labute approximate surface area is 197 Å². The quantitative estimate of drug-likeness (QED) is 0.473. The second-order valence-corrected chi connectivity index (χ2v) is 8.65. The van der Waals surface area contributed by atoms with E-state index < -0.39 is 0 Å². The van der Waals surface area contributed by atoms with E-state index >= 15 is 0 Å². The summed E-state index contributed by atoms with van der Waals surface area (Å²) in [7, 11) is 3.40. The van der Waals surface area contributed by atoms with Crippen LogP contribution in [0.5, 0.6) is 11.5 Å². The van der Waals surface area contributed by atoms with Crippen LogP contribution in [0.1, 0.15) is 37.3 Å². The van der Waals surface area contributed by atoms with Crippen molar-refractivity contribution in [3.63, 3.8) is 0 Å². The molecular formula is C28H35N3O2. The zero-order chi connectivity index (χ0) is 23.0. The number of piperidine rings is 1. The average molecular weight is 446 g/mol. The summed E-state index contributed by atoms with van der Waals surface area (Å²) in [6.45, 7) is 5.15. The van der Waals surface area contributed by atoms with Gasteiger partial charge < -0.3 is 19.7 Å². The standard InChI is InChI=1S/C28H35N3O2/c1-4-8-22-16-23(17-27(32-2)28(22)33-3)24-15-21(18-30-19-24)20-31(25-9-6-5-7-10-25)26-11-13-29-14-12-26/h5-7,9-10,15-19,26,29H,4,8,11-14,20H2,1-3H3. The lowest BCUT2D eigenvalue weighted by atomic mass is 9.99. The normalized spacial score (nSPS) is 14.2. The Morgan fingerprint density at radius 2 is 1.76 bits per heavy atom. The Hall–Kier alpha value is -3.05. The minimum Gasteiger partial charge on any atom is -0.493 e. The Morgan fingerprint density at radius 3 is 2.45 bits per heavy atom. The summed E-state index contributed by atoms with van der Waals surface area (Å²) in [6, 6.07) is 17.8. The molecule has 0 unspecified atom stereocenters. The number of pyridine rings is 1. The zero-order valence-electron chi connectivity index (χ0n) is 20.0. The number of nitrogens with one attached hydrogen (secondary N) is 1. The third-order valence-electron chi connectivity index (χ3n) is 6.39. The summed E-state index contributed by atoms with van der Waals surface area (Å²) in [5.41, 5.74) is 5.86. The number of para-hydroxylation sites is 1. The first-order valence-corrected chi connectivity index (χ1v) is 11.9. The van der Waals surface area contributed by atoms with E-state index in [4.69, 9.17) is 9.47 Å². The lowest BCUT2D eigenvalue weighted by molar-refractivity contribution is 0.351. The molecule has 2 heterocycles. The van der Waals surface area contributed by atoms with Gasteiger partial charge in [0.2, 0.25) is 0 Å². The van der Waals surface area contributed by atoms with Crippen LogP contribution in [0.3, 0.4) is 0 Å². The van der Waals surface area contributed by atoms with Crippen molar-refractivity contribution in [1.29, 1.82) is 0 Å². The van der Waals surface area contributed by atoms with Gasteiger partial charge in [0.15, 0.2) is 11.5 Å². The maximum absolute atomic E-state index is 5.66. The molecule has 0 bridgehead atoms. The van der Waals surface area contributed by atoms with Gasteiger partial charge in [0.05, 0.1) is 14.2 Å². The summed E-state index contributed by atoms with van der Waals surface area (Å²) in [5, 5.41) is 3.49. The number of ether oxygens (including phenoxy) is 2. The predicted molar refractivity (Wildman–Crippen MR) is 135 cm³/mol. The van der Waals surface area contributed by atoms with Crippen molar-refractivity contribution in [3.8, 4) is 22.6 Å². The van der Waals surface area contributed by atoms with Crippen molar-refractivity contribution in [2.24, 2.45) is 0 Å². The number of rotatable bonds is 9. The fourth-order valence-corrected chi connectivity index (χ4v) is 4.76. The molecule has 0 radical (unpaired) electrons. The van der Waals surface area contributed by atoms with Crippen molar-refractivity contribution in [1.82, 2.24) is 10.3 Å². The van der Waals surface area contributed by atoms with Crippen LogP contribution in [-0.4, -0.2) is 38.3 Å². The van der Waals surface area contributed by atoms with E-state index in [2.05, 4.69) is 70.7 Å². The lowest BCUT2D eigenvalue weighted by Crippen LogP contribution is -2.43. The molecule has 0 aliphatic carbocycles. The van der Waals surface area contributed by atoms with Crippen molar-refractivity contribution in [2.45, 2.75) is 45.2 Å². The Bertz CT molecular complexity index is 1030. The number of aryl methyl sites for hydroxylation is 1. The lowest BCUT2D eigenvalue weighted by Gasteiger charge is -2.36. The fourth-order valence-electron chi connectivity index (χ4n) is 4.76. The van der Waals surface area contributed by atoms with E-state index in [0.29, 0.717) is 6.04 Å². The van der Waals surface area contributed by atoms with E-state index in [0.717, 1.165) is 67.9 Å². The first-order valence-electron chi connectivity index (χ1n) is 11.9. The van der Waals surface area contributed by atoms with Gasteiger partial charge in [0.1, 0.15) is 0 Å². The highest BCUT2D eigenvalue weighted by Crippen LogP contribution is 2.37. The summed E-state index contributed by atoms with van der Waals surface area (Å²) < 4.78 is 11.3. The van der Waals surface area contributed by atoms with Gasteiger partial charge in [-0.3, -0.25) is 4.98 Å². The van der Waals surface area contributed by atoms with E-state index in [1.807, 2.05) is 12.4 Å². The number of hydrogen-bond acceptors (Lipinski definition) is 5. The largest absolute Gasteiger partial charge is 0.493 e. The molecule has 5 heteroatoms. The van der Waals surface area contributed by atoms with E-state index in [1.165, 1.54) is 16.8 Å². The summed E-state index contributed by atoms with van der Waals surface area (Å²) in [5.74, 6) is 1.60. The molecular weight excluding hydrogens is 410 g/mol. The Morgan fingerprint density at radius 1 is 0.970 bits per heavy atom. The minimum absolute atomic E-state index is 0.523. The molecule has 0 spiro atoms. The number of nitrogens with zero attached hydrogens (tertiary/aromatic N) is 2. The maximum Gasteiger partial charge on any atom is 0.163 e. The molecule has 4 rings (SSSR count). The SMILES string of the molecule is CCCc1cc(-c2cncc(CN(c3ccccc3)C3CCNCC3)c2)cc(OC)c1OC. The first-order chi connectivity index (χ1) is 16.2. The Kier molecular flexibility index (Phi) is 7.84. The third kappa shape index (κ3) is 5.48. The topological polar surface area (TPSA) is 46.6 Å². The van der Waals surface area contributed by atoms with Gasteiger partial charge >= 0.3 is 0 Å². The number of anilines is 1. The molecule has 174 valence electrons. The van der Waals surface area contributed by atoms with E-state index in [9.17, 15) is 0 Å². The highest BCUT2D eigenvalue weighted by Gasteiger charge is 2.22. The number of aromatic nitrogens is 1. The summed E-state index contributed by atoms with van der Waals surface area (Å²) in [6.07, 6.45) is 8.23. The molecule has 1 fully saturated rings. The molecule has 1 N–H and O–H groups in total. The molecule has 1 aliphatic rings. The van der Waals surface area contributed by atoms with Crippen molar-refractivity contribution in [2.75, 3.05) is 32.2 Å². The van der Waals surface area contributed by atoms with Crippen LogP contribution >= 0.6 is 0 Å². The van der Waals surface area contributed by atoms with Gasteiger partial charge in [-0.15, -0.1) is 0 Å². The molecule has 2 aromatic carbocycles. The fraction of sp³-hybridized carbons (Fsp3) is 0.393. The summed E-state index contributed by atoms with van der Waals surface area (Å²) >= 11 is 0. The molecule has 33 heavy (non-hydrogen) atoms. The minimum atomic E-state index is 0.523. The average Bonchev–Trinajstić information content (AvgIpc) is 2.88. The first kappa shape index (κ1) is 23.1. The van der Waals surface area contributed by atoms with Gasteiger partial charge in [-0.05, 0) is 79.4 Å². The van der Waals surface area contributed by atoms with Crippen LogP contribution in [0.4, 0.5) is 5.69 Å². The molecule has 3 aromatic rings. The van der Waals surface area contributed by atoms with Gasteiger partial charge in [0, 0.05) is 36.2 Å². The molecule has 0 amide bonds. The number of benzene rings is 2. The van der Waals surface area contributed by atoms with Crippen LogP contribution in [-0.2, 0) is 13.0 Å². The number of hydrogen-bond donors (Lipinski definition) is 1. The molecule has 1 aliphatic heterocycles. The van der Waals surface area contributed by atoms with Gasteiger partial charge in [-0.1, -0.05) is 31.5 Å². The van der Waals surface area contributed by atoms with Crippen LogP contribution in [0.2, 0.25) is 0 Å². The third-order valence-corrected chi connectivity index (χ3v) is 6.39. The molecule has 5 nitrogen and oxygen atoms in total. The van der Waals surface area contributed by atoms with Crippen molar-refractivity contribution < 1.29 is 9.47 Å². The van der Waals surface area contributed by atoms with Gasteiger partial charge in [-0.25, -0.2) is 0 Å². The summed E-state index contributed by atoms with van der Waals surface area (Å²) in [4.78, 5) is 7.16. The van der Waals surface area contributed by atoms with Crippen LogP contribution in [0, 0.1) is 0 Å². The van der Waals surface area contributed by atoms with Crippen LogP contribution in [0.15, 0.2) is 60.9 Å². The van der Waals surface area contributed by atoms with E-state index in [1.54, 1.807) is 14.2 Å². The molecule has 0 saturated carbocycles. The van der Waals surface area contributed by atoms with E-state index in [-0.39, 0.29) is 0 Å². The highest BCUT2D eigenvalue weighted by atomic mass is 16.5. The van der Waals surface area contributed by atoms with Gasteiger partial charge in [-0.2, -0.15) is 0 Å². The second-order valence-electron chi connectivity index (χ2n) is 8.65. The molecule has 0 atom stereocenters. The zero-order valence-corrected chi connectivity index (χ0v) is 20.0.